The Kier molecular flexibility index (Phi) is 2.74. The van der Waals surface area contributed by atoms with Gasteiger partial charge in [-0.15, -0.1) is 0 Å². The summed E-state index contributed by atoms with van der Waals surface area (Å²) in [5.41, 5.74) is 0. The number of carbonyl (C=O) groups is 2. The summed E-state index contributed by atoms with van der Waals surface area (Å²) in [7, 11) is 0. The molecule has 0 saturated carbocycles. The standard InChI is InChI=1S/C14H20N2O6/c1-13(2)19-5-6-7(20-13)8-9(22-14(3,4)21-8)10-15-11(17)12(18)16(6)10/h6-10H,5H2,1-4H3,(H,15,17)/t6-,7+,8+,9+,10+/m0/s1. The van der Waals surface area contributed by atoms with E-state index in [-0.39, 0.29) is 12.1 Å². The summed E-state index contributed by atoms with van der Waals surface area (Å²) in [5, 5.41) is 2.69. The van der Waals surface area contributed by atoms with E-state index in [0.717, 1.165) is 0 Å². The first-order valence-corrected chi connectivity index (χ1v) is 7.49. The van der Waals surface area contributed by atoms with Crippen molar-refractivity contribution in [1.29, 1.82) is 0 Å². The Morgan fingerprint density at radius 2 is 1.64 bits per heavy atom. The lowest BCUT2D eigenvalue weighted by Crippen LogP contribution is -2.71. The molecular formula is C14H20N2O6. The highest BCUT2D eigenvalue weighted by atomic mass is 16.8. The predicted octanol–water partition coefficient (Wildman–Crippen LogP) is -0.675. The minimum Gasteiger partial charge on any atom is -0.348 e. The Bertz CT molecular complexity index is 547. The van der Waals surface area contributed by atoms with Crippen LogP contribution < -0.4 is 5.32 Å². The lowest BCUT2D eigenvalue weighted by Gasteiger charge is -2.51. The van der Waals surface area contributed by atoms with E-state index in [1.165, 1.54) is 4.90 Å². The Labute approximate surface area is 128 Å². The number of fused-ring (bicyclic) bond motifs is 6. The van der Waals surface area contributed by atoms with Gasteiger partial charge in [-0.3, -0.25) is 9.59 Å². The first-order valence-electron chi connectivity index (χ1n) is 7.49. The molecular weight excluding hydrogens is 292 g/mol. The second kappa shape index (κ2) is 4.19. The number of nitrogens with one attached hydrogen (secondary N) is 1. The van der Waals surface area contributed by atoms with E-state index in [4.69, 9.17) is 18.9 Å². The van der Waals surface area contributed by atoms with Gasteiger partial charge in [0.25, 0.3) is 0 Å². The maximum absolute atomic E-state index is 12.2. The van der Waals surface area contributed by atoms with Gasteiger partial charge in [-0.05, 0) is 27.7 Å². The first-order chi connectivity index (χ1) is 10.2. The van der Waals surface area contributed by atoms with Crippen molar-refractivity contribution in [1.82, 2.24) is 10.2 Å². The molecule has 0 aliphatic carbocycles. The van der Waals surface area contributed by atoms with Crippen molar-refractivity contribution < 1.29 is 28.5 Å². The predicted molar refractivity (Wildman–Crippen MR) is 71.3 cm³/mol. The first kappa shape index (κ1) is 14.4. The molecule has 122 valence electrons. The van der Waals surface area contributed by atoms with Gasteiger partial charge in [-0.25, -0.2) is 0 Å². The molecule has 0 aromatic carbocycles. The molecule has 4 heterocycles. The Morgan fingerprint density at radius 1 is 1.00 bits per heavy atom. The molecule has 0 unspecified atom stereocenters. The molecule has 4 rings (SSSR count). The van der Waals surface area contributed by atoms with E-state index >= 15 is 0 Å². The summed E-state index contributed by atoms with van der Waals surface area (Å²) in [6, 6.07) is -0.372. The Morgan fingerprint density at radius 3 is 2.36 bits per heavy atom. The van der Waals surface area contributed by atoms with Crippen LogP contribution in [-0.2, 0) is 28.5 Å². The van der Waals surface area contributed by atoms with Gasteiger partial charge < -0.3 is 29.2 Å². The molecule has 5 atom stereocenters. The van der Waals surface area contributed by atoms with Crippen LogP contribution in [0.3, 0.4) is 0 Å². The van der Waals surface area contributed by atoms with Crippen molar-refractivity contribution in [2.75, 3.05) is 6.61 Å². The monoisotopic (exact) mass is 312 g/mol. The van der Waals surface area contributed by atoms with E-state index < -0.39 is 41.8 Å². The molecule has 8 nitrogen and oxygen atoms in total. The van der Waals surface area contributed by atoms with Crippen LogP contribution >= 0.6 is 0 Å². The quantitative estimate of drug-likeness (QED) is 0.597. The summed E-state index contributed by atoms with van der Waals surface area (Å²) in [6.45, 7) is 7.56. The molecule has 4 aliphatic rings. The van der Waals surface area contributed by atoms with Crippen LogP contribution in [0.4, 0.5) is 0 Å². The average molecular weight is 312 g/mol. The van der Waals surface area contributed by atoms with Crippen LogP contribution in [0.25, 0.3) is 0 Å². The van der Waals surface area contributed by atoms with E-state index in [0.29, 0.717) is 6.61 Å². The minimum atomic E-state index is -0.794. The molecule has 0 radical (unpaired) electrons. The zero-order valence-corrected chi connectivity index (χ0v) is 13.0. The smallest absolute Gasteiger partial charge is 0.314 e. The van der Waals surface area contributed by atoms with Gasteiger partial charge in [0, 0.05) is 0 Å². The third kappa shape index (κ3) is 1.91. The molecule has 4 saturated heterocycles. The fourth-order valence-electron chi connectivity index (χ4n) is 3.77. The van der Waals surface area contributed by atoms with Crippen LogP contribution in [0, 0.1) is 0 Å². The second-order valence-corrected chi connectivity index (χ2v) is 7.06. The maximum atomic E-state index is 12.2. The van der Waals surface area contributed by atoms with Gasteiger partial charge in [0.2, 0.25) is 0 Å². The number of carbonyl (C=O) groups excluding carboxylic acids is 2. The molecule has 8 heteroatoms. The van der Waals surface area contributed by atoms with Crippen LogP contribution in [0.5, 0.6) is 0 Å². The number of ether oxygens (including phenoxy) is 4. The molecule has 0 bridgehead atoms. The lowest BCUT2D eigenvalue weighted by molar-refractivity contribution is -0.321. The van der Waals surface area contributed by atoms with E-state index in [9.17, 15) is 9.59 Å². The lowest BCUT2D eigenvalue weighted by atomic mass is 9.91. The molecule has 0 spiro atoms. The van der Waals surface area contributed by atoms with Crippen molar-refractivity contribution >= 4 is 11.8 Å². The van der Waals surface area contributed by atoms with E-state index in [1.54, 1.807) is 0 Å². The zero-order chi connectivity index (χ0) is 15.9. The number of amides is 2. The summed E-state index contributed by atoms with van der Waals surface area (Å²) >= 11 is 0. The fraction of sp³-hybridized carbons (Fsp3) is 0.857. The number of piperidine rings is 1. The van der Waals surface area contributed by atoms with Crippen molar-refractivity contribution in [2.45, 2.75) is 69.8 Å². The molecule has 2 amide bonds. The molecule has 4 fully saturated rings. The SMILES string of the molecule is CC1(C)O[C@H]2[C@@H](O1)[C@@H]1NC(=O)C(=O)N1[C@H]1COC(C)(C)O[C@@H]21. The highest BCUT2D eigenvalue weighted by Crippen LogP contribution is 2.43. The summed E-state index contributed by atoms with van der Waals surface area (Å²) in [6.07, 6.45) is -1.76. The van der Waals surface area contributed by atoms with Crippen LogP contribution in [0.1, 0.15) is 27.7 Å². The molecule has 0 aromatic heterocycles. The minimum absolute atomic E-state index is 0.294. The van der Waals surface area contributed by atoms with Gasteiger partial charge in [0.05, 0.1) is 12.6 Å². The molecule has 4 aliphatic heterocycles. The number of hydrogen-bond acceptors (Lipinski definition) is 6. The highest BCUT2D eigenvalue weighted by Gasteiger charge is 2.64. The number of hydrogen-bond donors (Lipinski definition) is 1. The normalized spacial score (nSPS) is 45.1. The Balaban J connectivity index is 1.74. The topological polar surface area (TPSA) is 86.3 Å². The van der Waals surface area contributed by atoms with Crippen LogP contribution in [0.15, 0.2) is 0 Å². The number of nitrogens with zero attached hydrogens (tertiary/aromatic N) is 1. The summed E-state index contributed by atoms with van der Waals surface area (Å²) in [4.78, 5) is 25.5. The highest BCUT2D eigenvalue weighted by molar-refractivity contribution is 6.37. The van der Waals surface area contributed by atoms with Crippen molar-refractivity contribution in [3.63, 3.8) is 0 Å². The van der Waals surface area contributed by atoms with Crippen molar-refractivity contribution in [3.8, 4) is 0 Å². The van der Waals surface area contributed by atoms with Gasteiger partial charge in [0.1, 0.15) is 24.5 Å². The summed E-state index contributed by atoms with van der Waals surface area (Å²) in [5.74, 6) is -2.76. The average Bonchev–Trinajstić information content (AvgIpc) is 2.87. The third-order valence-electron chi connectivity index (χ3n) is 4.56. The molecule has 0 aromatic rings. The molecule has 1 N–H and O–H groups in total. The zero-order valence-electron chi connectivity index (χ0n) is 13.0. The fourth-order valence-corrected chi connectivity index (χ4v) is 3.77. The van der Waals surface area contributed by atoms with Gasteiger partial charge >= 0.3 is 11.8 Å². The van der Waals surface area contributed by atoms with Gasteiger partial charge in [-0.1, -0.05) is 0 Å². The number of rotatable bonds is 0. The van der Waals surface area contributed by atoms with Gasteiger partial charge in [-0.2, -0.15) is 0 Å². The maximum Gasteiger partial charge on any atom is 0.314 e. The van der Waals surface area contributed by atoms with Crippen LogP contribution in [-0.4, -0.2) is 65.4 Å². The van der Waals surface area contributed by atoms with E-state index in [2.05, 4.69) is 5.32 Å². The second-order valence-electron chi connectivity index (χ2n) is 7.06. The van der Waals surface area contributed by atoms with Crippen molar-refractivity contribution in [2.24, 2.45) is 0 Å². The molecule has 22 heavy (non-hydrogen) atoms. The Hall–Kier alpha value is -1.22. The third-order valence-corrected chi connectivity index (χ3v) is 4.56. The van der Waals surface area contributed by atoms with Crippen LogP contribution in [0.2, 0.25) is 0 Å². The largest absolute Gasteiger partial charge is 0.348 e. The van der Waals surface area contributed by atoms with Crippen molar-refractivity contribution in [3.05, 3.63) is 0 Å². The summed E-state index contributed by atoms with van der Waals surface area (Å²) < 4.78 is 23.6. The van der Waals surface area contributed by atoms with Gasteiger partial charge in [0.15, 0.2) is 11.6 Å². The van der Waals surface area contributed by atoms with E-state index in [1.807, 2.05) is 27.7 Å².